The number of ketones is 1. The van der Waals surface area contributed by atoms with Gasteiger partial charge < -0.3 is 14.0 Å². The van der Waals surface area contributed by atoms with Crippen molar-refractivity contribution >= 4 is 33.3 Å². The summed E-state index contributed by atoms with van der Waals surface area (Å²) in [7, 11) is 1.60. The SMILES string of the molecule is CCOC(=O)CCn1c(C)cc2cc(C(=O)c3ccc(OC)cc3)sc21. The number of nitrogens with zero attached hydrogens (tertiary/aromatic N) is 1. The Labute approximate surface area is 156 Å². The molecule has 0 aliphatic carbocycles. The fourth-order valence-corrected chi connectivity index (χ4v) is 4.07. The lowest BCUT2D eigenvalue weighted by Gasteiger charge is -2.07. The molecule has 0 amide bonds. The van der Waals surface area contributed by atoms with Crippen molar-refractivity contribution < 1.29 is 19.1 Å². The lowest BCUT2D eigenvalue weighted by atomic mass is 10.1. The Kier molecular flexibility index (Phi) is 5.42. The third-order valence-corrected chi connectivity index (χ3v) is 5.37. The number of benzene rings is 1. The van der Waals surface area contributed by atoms with E-state index in [2.05, 4.69) is 4.57 Å². The molecule has 2 aromatic heterocycles. The maximum atomic E-state index is 12.7. The van der Waals surface area contributed by atoms with Crippen molar-refractivity contribution in [3.63, 3.8) is 0 Å². The highest BCUT2D eigenvalue weighted by molar-refractivity contribution is 7.20. The first-order valence-corrected chi connectivity index (χ1v) is 9.29. The molecular weight excluding hydrogens is 350 g/mol. The van der Waals surface area contributed by atoms with Gasteiger partial charge in [-0.3, -0.25) is 9.59 Å². The number of hydrogen-bond acceptors (Lipinski definition) is 5. The Morgan fingerprint density at radius 2 is 1.88 bits per heavy atom. The first kappa shape index (κ1) is 18.2. The van der Waals surface area contributed by atoms with E-state index >= 15 is 0 Å². The molecule has 0 spiro atoms. The molecule has 5 nitrogen and oxygen atoms in total. The second-order valence-electron chi connectivity index (χ2n) is 5.92. The number of methoxy groups -OCH3 is 1. The summed E-state index contributed by atoms with van der Waals surface area (Å²) in [6.45, 7) is 4.74. The summed E-state index contributed by atoms with van der Waals surface area (Å²) in [6.07, 6.45) is 0.318. The molecule has 0 unspecified atom stereocenters. The molecule has 0 saturated carbocycles. The van der Waals surface area contributed by atoms with Crippen molar-refractivity contribution in [3.8, 4) is 5.75 Å². The van der Waals surface area contributed by atoms with Crippen LogP contribution in [-0.2, 0) is 16.1 Å². The molecule has 26 heavy (non-hydrogen) atoms. The zero-order chi connectivity index (χ0) is 18.7. The molecule has 0 fully saturated rings. The van der Waals surface area contributed by atoms with Crippen LogP contribution in [0.3, 0.4) is 0 Å². The number of aromatic nitrogens is 1. The van der Waals surface area contributed by atoms with Gasteiger partial charge in [-0.15, -0.1) is 11.3 Å². The highest BCUT2D eigenvalue weighted by Gasteiger charge is 2.17. The van der Waals surface area contributed by atoms with Gasteiger partial charge in [0.1, 0.15) is 10.6 Å². The molecule has 0 aliphatic heterocycles. The summed E-state index contributed by atoms with van der Waals surface area (Å²) < 4.78 is 12.2. The molecule has 3 aromatic rings. The van der Waals surface area contributed by atoms with E-state index in [4.69, 9.17) is 9.47 Å². The minimum atomic E-state index is -0.208. The fourth-order valence-electron chi connectivity index (χ4n) is 2.88. The van der Waals surface area contributed by atoms with Crippen molar-refractivity contribution in [3.05, 3.63) is 52.5 Å². The average molecular weight is 371 g/mol. The molecule has 0 aliphatic rings. The summed E-state index contributed by atoms with van der Waals surface area (Å²) in [6, 6.07) is 11.1. The molecule has 0 bridgehead atoms. The molecule has 0 saturated heterocycles. The third-order valence-electron chi connectivity index (χ3n) is 4.20. The maximum Gasteiger partial charge on any atom is 0.307 e. The number of rotatable bonds is 7. The predicted molar refractivity (Wildman–Crippen MR) is 102 cm³/mol. The van der Waals surface area contributed by atoms with Gasteiger partial charge in [0, 0.05) is 23.2 Å². The van der Waals surface area contributed by atoms with Crippen LogP contribution in [0.25, 0.3) is 10.2 Å². The second kappa shape index (κ2) is 7.74. The Morgan fingerprint density at radius 1 is 1.15 bits per heavy atom. The maximum absolute atomic E-state index is 12.7. The molecular formula is C20H21NO4S. The van der Waals surface area contributed by atoms with Gasteiger partial charge >= 0.3 is 5.97 Å². The fraction of sp³-hybridized carbons (Fsp3) is 0.300. The van der Waals surface area contributed by atoms with E-state index in [1.165, 1.54) is 11.3 Å². The summed E-state index contributed by atoms with van der Waals surface area (Å²) in [5, 5.41) is 1.02. The monoisotopic (exact) mass is 371 g/mol. The van der Waals surface area contributed by atoms with Crippen LogP contribution in [0.2, 0.25) is 0 Å². The molecule has 1 aromatic carbocycles. The average Bonchev–Trinajstić information content (AvgIpc) is 3.17. The van der Waals surface area contributed by atoms with Crippen LogP contribution in [0.15, 0.2) is 36.4 Å². The van der Waals surface area contributed by atoms with Crippen molar-refractivity contribution in [2.24, 2.45) is 0 Å². The number of carbonyl (C=O) groups is 2. The van der Waals surface area contributed by atoms with E-state index in [9.17, 15) is 9.59 Å². The van der Waals surface area contributed by atoms with E-state index in [1.807, 2.05) is 19.1 Å². The second-order valence-corrected chi connectivity index (χ2v) is 6.95. The third kappa shape index (κ3) is 3.65. The number of aryl methyl sites for hydroxylation is 2. The highest BCUT2D eigenvalue weighted by Crippen LogP contribution is 2.31. The van der Waals surface area contributed by atoms with Gasteiger partial charge in [-0.25, -0.2) is 0 Å². The molecule has 2 heterocycles. The van der Waals surface area contributed by atoms with Gasteiger partial charge in [0.2, 0.25) is 5.78 Å². The van der Waals surface area contributed by atoms with E-state index in [1.54, 1.807) is 38.3 Å². The van der Waals surface area contributed by atoms with Crippen LogP contribution in [0.4, 0.5) is 0 Å². The van der Waals surface area contributed by atoms with Crippen molar-refractivity contribution in [1.29, 1.82) is 0 Å². The number of thiophene rings is 1. The number of hydrogen-bond donors (Lipinski definition) is 0. The first-order valence-electron chi connectivity index (χ1n) is 8.47. The summed E-state index contributed by atoms with van der Waals surface area (Å²) in [4.78, 5) is 26.1. The molecule has 0 N–H and O–H groups in total. The molecule has 0 atom stereocenters. The quantitative estimate of drug-likeness (QED) is 0.461. The molecule has 6 heteroatoms. The Hall–Kier alpha value is -2.60. The normalized spacial score (nSPS) is 10.9. The first-order chi connectivity index (χ1) is 12.5. The van der Waals surface area contributed by atoms with E-state index in [-0.39, 0.29) is 11.8 Å². The lowest BCUT2D eigenvalue weighted by Crippen LogP contribution is -2.09. The van der Waals surface area contributed by atoms with Crippen LogP contribution in [0, 0.1) is 6.92 Å². The van der Waals surface area contributed by atoms with Crippen molar-refractivity contribution in [2.45, 2.75) is 26.8 Å². The minimum absolute atomic E-state index is 0.0107. The van der Waals surface area contributed by atoms with Crippen LogP contribution >= 0.6 is 11.3 Å². The Morgan fingerprint density at radius 3 is 2.54 bits per heavy atom. The largest absolute Gasteiger partial charge is 0.497 e. The standard InChI is InChI=1S/C20H21NO4S/c1-4-25-18(22)9-10-21-13(2)11-15-12-17(26-20(15)21)19(23)14-5-7-16(24-3)8-6-14/h5-8,11-12H,4,9-10H2,1-3H3. The van der Waals surface area contributed by atoms with E-state index in [0.717, 1.165) is 21.7 Å². The van der Waals surface area contributed by atoms with E-state index < -0.39 is 0 Å². The van der Waals surface area contributed by atoms with Gasteiger partial charge in [0.15, 0.2) is 0 Å². The van der Waals surface area contributed by atoms with Crippen molar-refractivity contribution in [2.75, 3.05) is 13.7 Å². The molecule has 0 radical (unpaired) electrons. The Balaban J connectivity index is 1.84. The topological polar surface area (TPSA) is 57.5 Å². The molecule has 136 valence electrons. The summed E-state index contributed by atoms with van der Waals surface area (Å²) in [5.74, 6) is 0.502. The van der Waals surface area contributed by atoms with E-state index in [0.29, 0.717) is 30.0 Å². The molecule has 3 rings (SSSR count). The summed E-state index contributed by atoms with van der Waals surface area (Å²) in [5.41, 5.74) is 1.70. The van der Waals surface area contributed by atoms with Crippen LogP contribution in [-0.4, -0.2) is 30.0 Å². The van der Waals surface area contributed by atoms with Crippen LogP contribution in [0.1, 0.15) is 34.3 Å². The minimum Gasteiger partial charge on any atom is -0.497 e. The van der Waals surface area contributed by atoms with Gasteiger partial charge in [-0.2, -0.15) is 0 Å². The zero-order valence-corrected chi connectivity index (χ0v) is 15.9. The van der Waals surface area contributed by atoms with Gasteiger partial charge in [-0.1, -0.05) is 0 Å². The van der Waals surface area contributed by atoms with Crippen LogP contribution in [0.5, 0.6) is 5.75 Å². The van der Waals surface area contributed by atoms with Crippen LogP contribution < -0.4 is 4.74 Å². The smallest absolute Gasteiger partial charge is 0.307 e. The zero-order valence-electron chi connectivity index (χ0n) is 15.1. The van der Waals surface area contributed by atoms with Gasteiger partial charge in [-0.05, 0) is 50.2 Å². The number of esters is 1. The summed E-state index contributed by atoms with van der Waals surface area (Å²) >= 11 is 1.45. The van der Waals surface area contributed by atoms with Gasteiger partial charge in [0.25, 0.3) is 0 Å². The lowest BCUT2D eigenvalue weighted by molar-refractivity contribution is -0.143. The highest BCUT2D eigenvalue weighted by atomic mass is 32.1. The van der Waals surface area contributed by atoms with Gasteiger partial charge in [0.05, 0.1) is 25.0 Å². The number of ether oxygens (including phenoxy) is 2. The van der Waals surface area contributed by atoms with Crippen molar-refractivity contribution in [1.82, 2.24) is 4.57 Å². The number of carbonyl (C=O) groups excluding carboxylic acids is 2. The predicted octanol–water partition coefficient (Wildman–Crippen LogP) is 4.20. The Bertz CT molecular complexity index is 937. The number of fused-ring (bicyclic) bond motifs is 1.